The molecular formula is C20H30. The highest BCUT2D eigenvalue weighted by atomic mass is 14.4. The molecule has 0 aromatic carbocycles. The summed E-state index contributed by atoms with van der Waals surface area (Å²) in [5.41, 5.74) is 4.71. The summed E-state index contributed by atoms with van der Waals surface area (Å²) < 4.78 is 0. The summed E-state index contributed by atoms with van der Waals surface area (Å²) in [5.74, 6) is 1.85. The predicted molar refractivity (Wildman–Crippen MR) is 89.6 cm³/mol. The van der Waals surface area contributed by atoms with Gasteiger partial charge in [0.2, 0.25) is 0 Å². The van der Waals surface area contributed by atoms with Gasteiger partial charge in [0.15, 0.2) is 0 Å². The Hall–Kier alpha value is -1.04. The van der Waals surface area contributed by atoms with Gasteiger partial charge in [-0.2, -0.15) is 0 Å². The molecule has 0 N–H and O–H groups in total. The van der Waals surface area contributed by atoms with Gasteiger partial charge in [-0.1, -0.05) is 69.7 Å². The molecule has 0 aliphatic heterocycles. The largest absolute Gasteiger partial charge is 0.0958 e. The van der Waals surface area contributed by atoms with Crippen molar-refractivity contribution < 1.29 is 0 Å². The fraction of sp³-hybridized carbons (Fsp3) is 0.600. The van der Waals surface area contributed by atoms with E-state index in [0.717, 1.165) is 0 Å². The quantitative estimate of drug-likeness (QED) is 0.533. The van der Waals surface area contributed by atoms with Gasteiger partial charge in [-0.05, 0) is 49.0 Å². The van der Waals surface area contributed by atoms with Crippen LogP contribution in [0.4, 0.5) is 0 Å². The molecule has 2 aliphatic rings. The molecule has 0 amide bonds. The van der Waals surface area contributed by atoms with Gasteiger partial charge >= 0.3 is 0 Å². The second-order valence-corrected chi connectivity index (χ2v) is 7.44. The summed E-state index contributed by atoms with van der Waals surface area (Å²) in [6.07, 6.45) is 13.3. The van der Waals surface area contributed by atoms with Crippen molar-refractivity contribution in [3.8, 4) is 0 Å². The third-order valence-electron chi connectivity index (χ3n) is 5.43. The molecule has 20 heavy (non-hydrogen) atoms. The van der Waals surface area contributed by atoms with Crippen LogP contribution in [0.25, 0.3) is 0 Å². The monoisotopic (exact) mass is 270 g/mol. The van der Waals surface area contributed by atoms with E-state index < -0.39 is 0 Å². The van der Waals surface area contributed by atoms with E-state index in [1.54, 1.807) is 5.57 Å². The molecule has 0 saturated carbocycles. The summed E-state index contributed by atoms with van der Waals surface area (Å²) in [4.78, 5) is 0. The molecule has 3 atom stereocenters. The third kappa shape index (κ3) is 3.00. The van der Waals surface area contributed by atoms with Crippen LogP contribution in [0.15, 0.2) is 47.6 Å². The standard InChI is InChI=1S/C20H30/c1-14(2)18-12-16(4)20(5,6)19(13-18)17-10-8-7-9-15(3)11-17/h7,9,11,13,15-16,19H,1,8,10,12H2,2-6H3. The van der Waals surface area contributed by atoms with E-state index in [2.05, 4.69) is 65.5 Å². The minimum atomic E-state index is 0.342. The maximum Gasteiger partial charge on any atom is 0.00368 e. The van der Waals surface area contributed by atoms with E-state index in [4.69, 9.17) is 0 Å². The van der Waals surface area contributed by atoms with Crippen molar-refractivity contribution in [3.63, 3.8) is 0 Å². The summed E-state index contributed by atoms with van der Waals surface area (Å²) in [6, 6.07) is 0. The van der Waals surface area contributed by atoms with Crippen molar-refractivity contribution in [1.82, 2.24) is 0 Å². The molecule has 0 aromatic rings. The van der Waals surface area contributed by atoms with Crippen molar-refractivity contribution in [2.24, 2.45) is 23.2 Å². The molecule has 2 aliphatic carbocycles. The summed E-state index contributed by atoms with van der Waals surface area (Å²) in [5, 5.41) is 0. The highest BCUT2D eigenvalue weighted by molar-refractivity contribution is 5.35. The molecule has 110 valence electrons. The third-order valence-corrected chi connectivity index (χ3v) is 5.43. The van der Waals surface area contributed by atoms with Crippen molar-refractivity contribution in [3.05, 3.63) is 47.6 Å². The van der Waals surface area contributed by atoms with Crippen LogP contribution in [0, 0.1) is 23.2 Å². The minimum Gasteiger partial charge on any atom is -0.0958 e. The zero-order valence-electron chi connectivity index (χ0n) is 13.9. The second-order valence-electron chi connectivity index (χ2n) is 7.44. The van der Waals surface area contributed by atoms with Gasteiger partial charge < -0.3 is 0 Å². The summed E-state index contributed by atoms with van der Waals surface area (Å²) >= 11 is 0. The van der Waals surface area contributed by atoms with Gasteiger partial charge in [-0.25, -0.2) is 0 Å². The number of allylic oxidation sites excluding steroid dienone is 7. The van der Waals surface area contributed by atoms with Gasteiger partial charge in [-0.15, -0.1) is 0 Å². The van der Waals surface area contributed by atoms with Crippen LogP contribution < -0.4 is 0 Å². The normalized spacial score (nSPS) is 33.1. The van der Waals surface area contributed by atoms with Crippen LogP contribution in [-0.4, -0.2) is 0 Å². The maximum atomic E-state index is 4.17. The Balaban J connectivity index is 2.40. The first-order chi connectivity index (χ1) is 9.32. The van der Waals surface area contributed by atoms with Gasteiger partial charge in [0.25, 0.3) is 0 Å². The molecule has 0 heteroatoms. The first-order valence-electron chi connectivity index (χ1n) is 8.06. The van der Waals surface area contributed by atoms with Crippen LogP contribution in [0.2, 0.25) is 0 Å². The Bertz CT molecular complexity index is 470. The highest BCUT2D eigenvalue weighted by Crippen LogP contribution is 2.49. The van der Waals surface area contributed by atoms with Crippen LogP contribution in [0.1, 0.15) is 53.9 Å². The Kier molecular flexibility index (Phi) is 4.42. The zero-order valence-corrected chi connectivity index (χ0v) is 13.9. The minimum absolute atomic E-state index is 0.342. The number of hydrogen-bond acceptors (Lipinski definition) is 0. The van der Waals surface area contributed by atoms with Gasteiger partial charge in [-0.3, -0.25) is 0 Å². The molecule has 0 aromatic heterocycles. The van der Waals surface area contributed by atoms with Crippen LogP contribution in [0.3, 0.4) is 0 Å². The fourth-order valence-electron chi connectivity index (χ4n) is 3.58. The topological polar surface area (TPSA) is 0 Å². The smallest absolute Gasteiger partial charge is 0.00368 e. The van der Waals surface area contributed by atoms with Crippen LogP contribution in [-0.2, 0) is 0 Å². The molecule has 0 spiro atoms. The molecule has 3 unspecified atom stereocenters. The van der Waals surface area contributed by atoms with Crippen molar-refractivity contribution in [1.29, 1.82) is 0 Å². The van der Waals surface area contributed by atoms with E-state index in [1.807, 2.05) is 0 Å². The molecule has 0 radical (unpaired) electrons. The first kappa shape index (κ1) is 15.4. The second kappa shape index (κ2) is 5.76. The van der Waals surface area contributed by atoms with Gasteiger partial charge in [0, 0.05) is 5.92 Å². The van der Waals surface area contributed by atoms with Crippen molar-refractivity contribution in [2.45, 2.75) is 53.9 Å². The Morgan fingerprint density at radius 1 is 1.25 bits per heavy atom. The molecule has 0 fully saturated rings. The van der Waals surface area contributed by atoms with E-state index in [9.17, 15) is 0 Å². The average molecular weight is 270 g/mol. The number of hydrogen-bond donors (Lipinski definition) is 0. The van der Waals surface area contributed by atoms with E-state index in [-0.39, 0.29) is 0 Å². The average Bonchev–Trinajstić information content (AvgIpc) is 2.56. The predicted octanol–water partition coefficient (Wildman–Crippen LogP) is 6.08. The highest BCUT2D eigenvalue weighted by Gasteiger charge is 2.39. The lowest BCUT2D eigenvalue weighted by Gasteiger charge is -2.44. The molecule has 0 bridgehead atoms. The lowest BCUT2D eigenvalue weighted by atomic mass is 9.60. The van der Waals surface area contributed by atoms with E-state index >= 15 is 0 Å². The first-order valence-corrected chi connectivity index (χ1v) is 8.06. The number of rotatable bonds is 2. The lowest BCUT2D eigenvalue weighted by Crippen LogP contribution is -2.35. The zero-order chi connectivity index (χ0) is 14.9. The van der Waals surface area contributed by atoms with Crippen molar-refractivity contribution >= 4 is 0 Å². The molecule has 0 saturated heterocycles. The van der Waals surface area contributed by atoms with E-state index in [0.29, 0.717) is 23.2 Å². The van der Waals surface area contributed by atoms with Gasteiger partial charge in [0.05, 0.1) is 0 Å². The van der Waals surface area contributed by atoms with Crippen LogP contribution >= 0.6 is 0 Å². The Morgan fingerprint density at radius 3 is 2.60 bits per heavy atom. The molecule has 0 heterocycles. The SMILES string of the molecule is C=C(C)C1=CC(C2=CC(C)C=CCC2)C(C)(C)C(C)C1. The Morgan fingerprint density at radius 2 is 1.95 bits per heavy atom. The van der Waals surface area contributed by atoms with Crippen LogP contribution in [0.5, 0.6) is 0 Å². The van der Waals surface area contributed by atoms with Crippen molar-refractivity contribution in [2.75, 3.05) is 0 Å². The van der Waals surface area contributed by atoms with Gasteiger partial charge in [0.1, 0.15) is 0 Å². The summed E-state index contributed by atoms with van der Waals surface area (Å²) in [7, 11) is 0. The van der Waals surface area contributed by atoms with E-state index in [1.165, 1.54) is 30.4 Å². The lowest BCUT2D eigenvalue weighted by molar-refractivity contribution is 0.163. The molecular weight excluding hydrogens is 240 g/mol. The summed E-state index contributed by atoms with van der Waals surface area (Å²) in [6.45, 7) is 15.9. The molecule has 2 rings (SSSR count). The molecule has 0 nitrogen and oxygen atoms in total. The fourth-order valence-corrected chi connectivity index (χ4v) is 3.58. The Labute approximate surface area is 125 Å². The maximum absolute atomic E-state index is 4.17.